The van der Waals surface area contributed by atoms with Crippen LogP contribution in [0.5, 0.6) is 0 Å². The van der Waals surface area contributed by atoms with Gasteiger partial charge >= 0.3 is 0 Å². The van der Waals surface area contributed by atoms with Gasteiger partial charge in [0.25, 0.3) is 0 Å². The van der Waals surface area contributed by atoms with Crippen LogP contribution >= 0.6 is 0 Å². The summed E-state index contributed by atoms with van der Waals surface area (Å²) in [6.45, 7) is 0. The van der Waals surface area contributed by atoms with Gasteiger partial charge in [0.05, 0.1) is 0 Å². The van der Waals surface area contributed by atoms with Crippen molar-refractivity contribution in [2.75, 3.05) is 19.0 Å². The van der Waals surface area contributed by atoms with E-state index in [4.69, 9.17) is 0 Å². The number of benzene rings is 6. The molecule has 1 nitrogen and oxygen atoms in total. The fraction of sp³-hybridized carbons (Fsp3) is 0.0556. The normalized spacial score (nSPS) is 11.8. The number of fused-ring (bicyclic) bond motifs is 4. The van der Waals surface area contributed by atoms with E-state index < -0.39 is 0 Å². The lowest BCUT2D eigenvalue weighted by Gasteiger charge is -2.13. The van der Waals surface area contributed by atoms with Gasteiger partial charge in [0, 0.05) is 36.5 Å². The van der Waals surface area contributed by atoms with Crippen molar-refractivity contribution in [1.29, 1.82) is 0 Å². The largest absolute Gasteiger partial charge is 0.378 e. The predicted octanol–water partition coefficient (Wildman–Crippen LogP) is 7.41. The SMILES string of the molecule is CN(C)c1ccc(C#Cc2c3c(c4cccc5cccc2c54)=C(c2ccccc2)c2ccccc2-3)cc1. The highest BCUT2D eigenvalue weighted by molar-refractivity contribution is 6.18. The summed E-state index contributed by atoms with van der Waals surface area (Å²) in [5, 5.41) is 6.34. The van der Waals surface area contributed by atoms with Crippen molar-refractivity contribution in [1.82, 2.24) is 0 Å². The van der Waals surface area contributed by atoms with Gasteiger partial charge in [0.2, 0.25) is 0 Å². The predicted molar refractivity (Wildman–Crippen MR) is 157 cm³/mol. The zero-order chi connectivity index (χ0) is 24.9. The quantitative estimate of drug-likeness (QED) is 0.237. The average Bonchev–Trinajstić information content (AvgIpc) is 3.29. The van der Waals surface area contributed by atoms with E-state index in [1.807, 2.05) is 0 Å². The molecule has 6 aromatic carbocycles. The van der Waals surface area contributed by atoms with Crippen molar-refractivity contribution < 1.29 is 0 Å². The maximum atomic E-state index is 3.65. The van der Waals surface area contributed by atoms with Crippen LogP contribution in [-0.2, 0) is 0 Å². The molecule has 0 atom stereocenters. The molecule has 0 heterocycles. The van der Waals surface area contributed by atoms with Crippen LogP contribution in [0, 0.1) is 11.8 Å². The van der Waals surface area contributed by atoms with E-state index >= 15 is 0 Å². The first-order chi connectivity index (χ1) is 18.2. The molecule has 0 radical (unpaired) electrons. The number of nitrogens with zero attached hydrogens (tertiary/aromatic N) is 1. The van der Waals surface area contributed by atoms with Crippen molar-refractivity contribution >= 4 is 32.8 Å². The molecule has 37 heavy (non-hydrogen) atoms. The molecule has 0 spiro atoms. The Morgan fingerprint density at radius 3 is 1.97 bits per heavy atom. The van der Waals surface area contributed by atoms with E-state index in [2.05, 4.69) is 146 Å². The molecule has 0 unspecified atom stereocenters. The second-order valence-corrected chi connectivity index (χ2v) is 9.81. The van der Waals surface area contributed by atoms with Crippen LogP contribution in [0.2, 0.25) is 0 Å². The van der Waals surface area contributed by atoms with Gasteiger partial charge in [0.1, 0.15) is 0 Å². The van der Waals surface area contributed by atoms with Crippen molar-refractivity contribution in [2.24, 2.45) is 0 Å². The number of rotatable bonds is 2. The molecule has 0 saturated heterocycles. The first-order valence-corrected chi connectivity index (χ1v) is 12.7. The summed E-state index contributed by atoms with van der Waals surface area (Å²) in [4.78, 5) is 2.11. The van der Waals surface area contributed by atoms with Crippen LogP contribution in [0.15, 0.2) is 115 Å². The van der Waals surface area contributed by atoms with Gasteiger partial charge in [-0.25, -0.2) is 0 Å². The van der Waals surface area contributed by atoms with Gasteiger partial charge in [-0.1, -0.05) is 103 Å². The maximum absolute atomic E-state index is 3.65. The Bertz CT molecular complexity index is 1930. The summed E-state index contributed by atoms with van der Waals surface area (Å²) in [5.74, 6) is 7.16. The standard InChI is InChI=1S/C36H25N/c1-37(2)27-21-18-24(19-22-27)20-23-31-28-16-8-12-25-13-9-17-32(33(25)28)36-34(26-10-4-3-5-11-26)29-14-6-7-15-30(29)35(31)36/h3-19,21-22H,1-2H3. The fourth-order valence-corrected chi connectivity index (χ4v) is 5.75. The molecular formula is C36H25N. The summed E-state index contributed by atoms with van der Waals surface area (Å²) in [7, 11) is 4.12. The van der Waals surface area contributed by atoms with E-state index in [0.717, 1.165) is 11.1 Å². The first-order valence-electron chi connectivity index (χ1n) is 12.7. The van der Waals surface area contributed by atoms with Crippen LogP contribution in [-0.4, -0.2) is 14.1 Å². The van der Waals surface area contributed by atoms with E-state index in [-0.39, 0.29) is 0 Å². The summed E-state index contributed by atoms with van der Waals surface area (Å²) in [6, 6.07) is 41.3. The molecule has 1 aliphatic rings. The summed E-state index contributed by atoms with van der Waals surface area (Å²) in [6.07, 6.45) is 0. The number of anilines is 1. The Morgan fingerprint density at radius 2 is 1.24 bits per heavy atom. The summed E-state index contributed by atoms with van der Waals surface area (Å²) < 4.78 is 0. The summed E-state index contributed by atoms with van der Waals surface area (Å²) in [5.41, 5.74) is 9.61. The van der Waals surface area contributed by atoms with Gasteiger partial charge in [0.15, 0.2) is 0 Å². The van der Waals surface area contributed by atoms with E-state index in [1.54, 1.807) is 0 Å². The van der Waals surface area contributed by atoms with Gasteiger partial charge < -0.3 is 4.90 Å². The Balaban J connectivity index is 1.63. The maximum Gasteiger partial charge on any atom is 0.0413 e. The minimum atomic E-state index is 1.02. The molecule has 0 N–H and O–H groups in total. The molecule has 0 aromatic heterocycles. The molecule has 7 rings (SSSR count). The monoisotopic (exact) mass is 471 g/mol. The fourth-order valence-electron chi connectivity index (χ4n) is 5.75. The van der Waals surface area contributed by atoms with Crippen LogP contribution in [0.4, 0.5) is 5.69 Å². The van der Waals surface area contributed by atoms with Crippen molar-refractivity contribution in [3.8, 4) is 23.0 Å². The zero-order valence-corrected chi connectivity index (χ0v) is 20.9. The topological polar surface area (TPSA) is 3.24 Å². The lowest BCUT2D eigenvalue weighted by molar-refractivity contribution is 1.13. The van der Waals surface area contributed by atoms with Crippen molar-refractivity contribution in [3.63, 3.8) is 0 Å². The van der Waals surface area contributed by atoms with E-state index in [1.165, 1.54) is 60.3 Å². The third kappa shape index (κ3) is 3.34. The minimum absolute atomic E-state index is 1.02. The van der Waals surface area contributed by atoms with Crippen LogP contribution in [0.1, 0.15) is 22.3 Å². The van der Waals surface area contributed by atoms with Gasteiger partial charge in [-0.3, -0.25) is 0 Å². The second kappa shape index (κ2) is 8.40. The molecular weight excluding hydrogens is 446 g/mol. The molecule has 174 valence electrons. The molecule has 0 fully saturated rings. The molecule has 0 amide bonds. The Morgan fingerprint density at radius 1 is 0.568 bits per heavy atom. The van der Waals surface area contributed by atoms with Crippen LogP contribution < -0.4 is 10.1 Å². The molecule has 1 heteroatoms. The molecule has 0 aliphatic heterocycles. The highest BCUT2D eigenvalue weighted by Gasteiger charge is 2.26. The lowest BCUT2D eigenvalue weighted by atomic mass is 9.89. The Kier molecular flexibility index (Phi) is 4.88. The summed E-state index contributed by atoms with van der Waals surface area (Å²) >= 11 is 0. The molecule has 0 saturated carbocycles. The first kappa shape index (κ1) is 21.5. The van der Waals surface area contributed by atoms with Gasteiger partial charge in [-0.2, -0.15) is 0 Å². The third-order valence-electron chi connectivity index (χ3n) is 7.44. The highest BCUT2D eigenvalue weighted by Crippen LogP contribution is 2.41. The van der Waals surface area contributed by atoms with Crippen molar-refractivity contribution in [2.45, 2.75) is 0 Å². The zero-order valence-electron chi connectivity index (χ0n) is 20.9. The number of hydrogen-bond donors (Lipinski definition) is 0. The van der Waals surface area contributed by atoms with Crippen LogP contribution in [0.3, 0.4) is 0 Å². The highest BCUT2D eigenvalue weighted by atomic mass is 15.1. The average molecular weight is 472 g/mol. The minimum Gasteiger partial charge on any atom is -0.378 e. The third-order valence-corrected chi connectivity index (χ3v) is 7.44. The van der Waals surface area contributed by atoms with Gasteiger partial charge in [-0.05, 0) is 73.3 Å². The smallest absolute Gasteiger partial charge is 0.0413 e. The van der Waals surface area contributed by atoms with Crippen LogP contribution in [0.25, 0.3) is 38.2 Å². The van der Waals surface area contributed by atoms with Crippen molar-refractivity contribution in [3.05, 3.63) is 143 Å². The lowest BCUT2D eigenvalue weighted by Crippen LogP contribution is -2.10. The Hall–Kier alpha value is -4.80. The Labute approximate surface area is 217 Å². The second-order valence-electron chi connectivity index (χ2n) is 9.81. The van der Waals surface area contributed by atoms with Gasteiger partial charge in [-0.15, -0.1) is 0 Å². The van der Waals surface area contributed by atoms with E-state index in [0.29, 0.717) is 0 Å². The van der Waals surface area contributed by atoms with E-state index in [9.17, 15) is 0 Å². The molecule has 6 aromatic rings. The number of hydrogen-bond acceptors (Lipinski definition) is 1. The molecule has 1 aliphatic carbocycles. The molecule has 0 bridgehead atoms.